The SMILES string of the molecule is COc1ccc(CCn2c(-c3cccnc3)nc3cc(N=C(N[C@H]4C[C@H]5C[C@H]([C@H]4C)C5(C)C)N4C[C@H](C)C[C@H](C)C4)ccc3c2=O)c(F)c1. The van der Waals surface area contributed by atoms with Gasteiger partial charge in [0.1, 0.15) is 17.4 Å². The van der Waals surface area contributed by atoms with Crippen LogP contribution in [0.3, 0.4) is 0 Å². The predicted octanol–water partition coefficient (Wildman–Crippen LogP) is 7.47. The van der Waals surface area contributed by atoms with Crippen LogP contribution in [0, 0.1) is 40.8 Å². The topological polar surface area (TPSA) is 84.6 Å². The molecule has 3 aliphatic carbocycles. The van der Waals surface area contributed by atoms with Gasteiger partial charge in [-0.05, 0) is 103 Å². The minimum Gasteiger partial charge on any atom is -0.497 e. The molecule has 2 aromatic heterocycles. The van der Waals surface area contributed by atoms with Crippen molar-refractivity contribution in [2.75, 3.05) is 20.2 Å². The number of aromatic nitrogens is 3. The molecule has 6 atom stereocenters. The van der Waals surface area contributed by atoms with Crippen LogP contribution in [0.5, 0.6) is 5.75 Å². The first-order valence-electron chi connectivity index (χ1n) is 17.9. The molecule has 4 aliphatic rings. The summed E-state index contributed by atoms with van der Waals surface area (Å²) in [5.74, 6) is 4.71. The molecule has 1 N–H and O–H groups in total. The fourth-order valence-corrected chi connectivity index (χ4v) is 8.95. The van der Waals surface area contributed by atoms with Crippen molar-refractivity contribution in [1.82, 2.24) is 24.8 Å². The van der Waals surface area contributed by atoms with E-state index in [-0.39, 0.29) is 17.9 Å². The number of methoxy groups -OCH3 is 1. The molecule has 1 saturated heterocycles. The number of benzene rings is 2. The quantitative estimate of drug-likeness (QED) is 0.163. The van der Waals surface area contributed by atoms with Crippen molar-refractivity contribution < 1.29 is 9.13 Å². The van der Waals surface area contributed by atoms with Crippen LogP contribution in [0.15, 0.2) is 70.7 Å². The van der Waals surface area contributed by atoms with Crippen LogP contribution in [-0.4, -0.2) is 51.6 Å². The van der Waals surface area contributed by atoms with Crippen molar-refractivity contribution in [3.8, 4) is 17.1 Å². The van der Waals surface area contributed by atoms with Crippen LogP contribution in [0.1, 0.15) is 59.4 Å². The summed E-state index contributed by atoms with van der Waals surface area (Å²) < 4.78 is 21.6. The van der Waals surface area contributed by atoms with Crippen LogP contribution >= 0.6 is 0 Å². The summed E-state index contributed by atoms with van der Waals surface area (Å²) in [6, 6.07) is 14.6. The van der Waals surface area contributed by atoms with E-state index in [2.05, 4.69) is 49.8 Å². The summed E-state index contributed by atoms with van der Waals surface area (Å²) in [4.78, 5) is 31.2. The molecule has 258 valence electrons. The van der Waals surface area contributed by atoms with Gasteiger partial charge in [0, 0.05) is 49.7 Å². The van der Waals surface area contributed by atoms with Gasteiger partial charge in [-0.1, -0.05) is 40.7 Å². The molecule has 3 saturated carbocycles. The molecule has 0 spiro atoms. The third-order valence-corrected chi connectivity index (χ3v) is 11.8. The molecule has 49 heavy (non-hydrogen) atoms. The summed E-state index contributed by atoms with van der Waals surface area (Å²) in [5.41, 5.74) is 2.79. The summed E-state index contributed by atoms with van der Waals surface area (Å²) in [6.07, 6.45) is 7.43. The third kappa shape index (κ3) is 6.44. The molecule has 4 fully saturated rings. The Hall–Kier alpha value is -4.27. The maximum absolute atomic E-state index is 14.9. The number of aryl methyl sites for hydroxylation is 1. The van der Waals surface area contributed by atoms with Gasteiger partial charge >= 0.3 is 0 Å². The zero-order valence-corrected chi connectivity index (χ0v) is 29.6. The smallest absolute Gasteiger partial charge is 0.261 e. The first-order chi connectivity index (χ1) is 23.5. The minimum atomic E-state index is -0.364. The number of guanidine groups is 1. The van der Waals surface area contributed by atoms with E-state index in [1.165, 1.54) is 26.0 Å². The van der Waals surface area contributed by atoms with E-state index in [0.717, 1.165) is 48.6 Å². The molecular formula is C40H49FN6O2. The number of rotatable bonds is 7. The second-order valence-electron chi connectivity index (χ2n) is 15.5. The van der Waals surface area contributed by atoms with Crippen molar-refractivity contribution in [2.24, 2.45) is 40.0 Å². The molecule has 2 aromatic carbocycles. The molecular weight excluding hydrogens is 615 g/mol. The minimum absolute atomic E-state index is 0.178. The first-order valence-corrected chi connectivity index (χ1v) is 17.9. The average Bonchev–Trinajstić information content (AvgIpc) is 3.08. The highest BCUT2D eigenvalue weighted by atomic mass is 19.1. The van der Waals surface area contributed by atoms with Crippen LogP contribution in [0.2, 0.25) is 0 Å². The Morgan fingerprint density at radius 2 is 1.86 bits per heavy atom. The van der Waals surface area contributed by atoms with E-state index in [1.54, 1.807) is 29.1 Å². The normalized spacial score (nSPS) is 26.3. The van der Waals surface area contributed by atoms with Gasteiger partial charge in [-0.3, -0.25) is 14.3 Å². The summed E-state index contributed by atoms with van der Waals surface area (Å²) in [5, 5.41) is 4.46. The molecule has 8 nitrogen and oxygen atoms in total. The van der Waals surface area contributed by atoms with Gasteiger partial charge in [0.2, 0.25) is 0 Å². The first kappa shape index (κ1) is 33.2. The molecule has 3 heterocycles. The Labute approximate surface area is 288 Å². The molecule has 2 bridgehead atoms. The standard InChI is InChI=1S/C40H49FN6O2/c1-24-16-25(2)23-46(22-24)39(45-35-18-29-17-33(26(35)3)40(29,4)5)43-30-10-12-32-36(19-30)44-37(28-8-7-14-42-21-28)47(38(32)48)15-13-27-9-11-31(49-6)20-34(27)41/h7-12,14,19-21,24-26,29,33,35H,13,15-18,22-23H2,1-6H3,(H,43,45)/t24-,25+,26-,29-,33-,35+/m1/s1. The van der Waals surface area contributed by atoms with E-state index in [4.69, 9.17) is 14.7 Å². The number of nitrogens with zero attached hydrogens (tertiary/aromatic N) is 5. The molecule has 8 rings (SSSR count). The van der Waals surface area contributed by atoms with Crippen molar-refractivity contribution in [3.05, 3.63) is 82.7 Å². The number of piperidine rings is 1. The molecule has 1 aliphatic heterocycles. The fraction of sp³-hybridized carbons (Fsp3) is 0.500. The van der Waals surface area contributed by atoms with E-state index in [1.807, 2.05) is 30.3 Å². The van der Waals surface area contributed by atoms with Crippen LogP contribution in [0.4, 0.5) is 10.1 Å². The second-order valence-corrected chi connectivity index (χ2v) is 15.5. The third-order valence-electron chi connectivity index (χ3n) is 11.8. The second kappa shape index (κ2) is 13.2. The van der Waals surface area contributed by atoms with Gasteiger partial charge < -0.3 is 15.0 Å². The monoisotopic (exact) mass is 664 g/mol. The maximum atomic E-state index is 14.9. The van der Waals surface area contributed by atoms with Crippen molar-refractivity contribution in [1.29, 1.82) is 0 Å². The number of fused-ring (bicyclic) bond motifs is 3. The number of nitrogens with one attached hydrogen (secondary N) is 1. The number of likely N-dealkylation sites (tertiary alicyclic amines) is 1. The Kier molecular flexibility index (Phi) is 8.96. The fourth-order valence-electron chi connectivity index (χ4n) is 8.95. The van der Waals surface area contributed by atoms with Gasteiger partial charge in [-0.2, -0.15) is 0 Å². The molecule has 4 aromatic rings. The van der Waals surface area contributed by atoms with E-state index in [0.29, 0.717) is 63.7 Å². The van der Waals surface area contributed by atoms with E-state index >= 15 is 0 Å². The van der Waals surface area contributed by atoms with Gasteiger partial charge in [0.05, 0.1) is 23.7 Å². The van der Waals surface area contributed by atoms with Gasteiger partial charge in [-0.15, -0.1) is 0 Å². The Bertz CT molecular complexity index is 1910. The lowest BCUT2D eigenvalue weighted by molar-refractivity contribution is -0.112. The van der Waals surface area contributed by atoms with Gasteiger partial charge in [0.15, 0.2) is 5.96 Å². The summed E-state index contributed by atoms with van der Waals surface area (Å²) >= 11 is 0. The van der Waals surface area contributed by atoms with E-state index < -0.39 is 0 Å². The Balaban J connectivity index is 1.25. The molecule has 9 heteroatoms. The number of ether oxygens (including phenoxy) is 1. The van der Waals surface area contributed by atoms with Crippen molar-refractivity contribution in [3.63, 3.8) is 0 Å². The number of halogens is 1. The highest BCUT2D eigenvalue weighted by molar-refractivity contribution is 5.87. The zero-order chi connectivity index (χ0) is 34.4. The zero-order valence-electron chi connectivity index (χ0n) is 29.6. The number of aliphatic imine (C=N–C) groups is 1. The Morgan fingerprint density at radius 1 is 1.06 bits per heavy atom. The number of pyridine rings is 1. The number of hydrogen-bond acceptors (Lipinski definition) is 5. The van der Waals surface area contributed by atoms with Crippen molar-refractivity contribution >= 4 is 22.5 Å². The van der Waals surface area contributed by atoms with Crippen LogP contribution < -0.4 is 15.6 Å². The van der Waals surface area contributed by atoms with E-state index in [9.17, 15) is 9.18 Å². The lowest BCUT2D eigenvalue weighted by atomic mass is 9.45. The highest BCUT2D eigenvalue weighted by Crippen LogP contribution is 2.61. The van der Waals surface area contributed by atoms with Crippen LogP contribution in [0.25, 0.3) is 22.3 Å². The summed E-state index contributed by atoms with van der Waals surface area (Å²) in [7, 11) is 1.51. The lowest BCUT2D eigenvalue weighted by Gasteiger charge is -2.62. The molecule has 0 amide bonds. The maximum Gasteiger partial charge on any atom is 0.261 e. The summed E-state index contributed by atoms with van der Waals surface area (Å²) in [6.45, 7) is 14.1. The molecule has 0 unspecified atom stereocenters. The average molecular weight is 665 g/mol. The van der Waals surface area contributed by atoms with Gasteiger partial charge in [0.25, 0.3) is 5.56 Å². The van der Waals surface area contributed by atoms with Gasteiger partial charge in [-0.25, -0.2) is 14.4 Å². The number of hydrogen-bond donors (Lipinski definition) is 1. The molecule has 0 radical (unpaired) electrons. The largest absolute Gasteiger partial charge is 0.497 e. The highest BCUT2D eigenvalue weighted by Gasteiger charge is 2.56. The van der Waals surface area contributed by atoms with Crippen molar-refractivity contribution in [2.45, 2.75) is 72.9 Å². The van der Waals surface area contributed by atoms with Crippen LogP contribution in [-0.2, 0) is 13.0 Å². The lowest BCUT2D eigenvalue weighted by Crippen LogP contribution is -2.62. The predicted molar refractivity (Wildman–Crippen MR) is 194 cm³/mol. The Morgan fingerprint density at radius 3 is 2.53 bits per heavy atom.